The largest absolute Gasteiger partial charge is 0.448 e. The van der Waals surface area contributed by atoms with E-state index in [2.05, 4.69) is 18.7 Å². The maximum absolute atomic E-state index is 13.5. The first kappa shape index (κ1) is 26.7. The molecule has 1 aromatic carbocycles. The van der Waals surface area contributed by atoms with Crippen LogP contribution in [0.4, 0.5) is 4.79 Å². The topological polar surface area (TPSA) is 70.2 Å². The number of likely N-dealkylation sites (tertiary alicyclic amines) is 2. The number of halogens is 1. The van der Waals surface area contributed by atoms with Crippen LogP contribution in [0.5, 0.6) is 0 Å². The van der Waals surface area contributed by atoms with Crippen LogP contribution >= 0.6 is 11.6 Å². The number of piperidine rings is 3. The Morgan fingerprint density at radius 2 is 1.69 bits per heavy atom. The zero-order chi connectivity index (χ0) is 25.2. The van der Waals surface area contributed by atoms with Crippen molar-refractivity contribution in [3.8, 4) is 0 Å². The van der Waals surface area contributed by atoms with Crippen LogP contribution in [-0.4, -0.2) is 79.5 Å². The third-order valence-electron chi connectivity index (χ3n) is 7.81. The van der Waals surface area contributed by atoms with E-state index in [4.69, 9.17) is 16.3 Å². The van der Waals surface area contributed by atoms with Crippen molar-refractivity contribution >= 4 is 27.7 Å². The van der Waals surface area contributed by atoms with E-state index in [1.54, 1.807) is 16.4 Å². The predicted molar refractivity (Wildman–Crippen MR) is 138 cm³/mol. The minimum Gasteiger partial charge on any atom is -0.448 e. The Hall–Kier alpha value is -1.35. The smallest absolute Gasteiger partial charge is 0.409 e. The predicted octanol–water partition coefficient (Wildman–Crippen LogP) is 4.85. The molecule has 35 heavy (non-hydrogen) atoms. The van der Waals surface area contributed by atoms with Crippen molar-refractivity contribution in [2.45, 2.75) is 82.3 Å². The number of hydrogen-bond donors (Lipinski definition) is 0. The minimum atomic E-state index is -3.72. The van der Waals surface area contributed by atoms with Crippen molar-refractivity contribution in [1.82, 2.24) is 14.1 Å². The molecule has 0 N–H and O–H groups in total. The molecule has 7 nitrogen and oxygen atoms in total. The van der Waals surface area contributed by atoms with E-state index in [1.807, 2.05) is 11.8 Å². The summed E-state index contributed by atoms with van der Waals surface area (Å²) in [5.41, 5.74) is 0. The summed E-state index contributed by atoms with van der Waals surface area (Å²) in [7, 11) is -3.72. The Kier molecular flexibility index (Phi) is 8.67. The second kappa shape index (κ2) is 11.4. The fraction of sp³-hybridized carbons (Fsp3) is 0.731. The second-order valence-corrected chi connectivity index (χ2v) is 13.2. The molecule has 0 saturated carbocycles. The van der Waals surface area contributed by atoms with Crippen molar-refractivity contribution in [2.75, 3.05) is 32.8 Å². The van der Waals surface area contributed by atoms with Gasteiger partial charge in [0.25, 0.3) is 0 Å². The van der Waals surface area contributed by atoms with Gasteiger partial charge < -0.3 is 9.64 Å². The molecule has 5 atom stereocenters. The molecule has 0 radical (unpaired) electrons. The van der Waals surface area contributed by atoms with Gasteiger partial charge in [0.1, 0.15) is 6.61 Å². The number of nitrogens with zero attached hydrogens (tertiary/aromatic N) is 3. The van der Waals surface area contributed by atoms with Crippen molar-refractivity contribution in [3.63, 3.8) is 0 Å². The molecule has 0 spiro atoms. The van der Waals surface area contributed by atoms with Gasteiger partial charge in [0.15, 0.2) is 0 Å². The first-order chi connectivity index (χ1) is 16.6. The molecule has 3 saturated heterocycles. The maximum atomic E-state index is 13.5. The van der Waals surface area contributed by atoms with Gasteiger partial charge in [-0.25, -0.2) is 13.2 Å². The van der Waals surface area contributed by atoms with Crippen LogP contribution in [0, 0.1) is 11.8 Å². The van der Waals surface area contributed by atoms with E-state index in [1.165, 1.54) is 18.6 Å². The summed E-state index contributed by atoms with van der Waals surface area (Å²) in [6.45, 7) is 10.2. The number of ether oxygens (including phenoxy) is 1. The zero-order valence-electron chi connectivity index (χ0n) is 21.2. The highest BCUT2D eigenvalue weighted by molar-refractivity contribution is 7.89. The van der Waals surface area contributed by atoms with Crippen LogP contribution in [0.2, 0.25) is 5.02 Å². The lowest BCUT2D eigenvalue weighted by Crippen LogP contribution is -2.54. The third-order valence-corrected chi connectivity index (χ3v) is 10.1. The molecule has 3 heterocycles. The Morgan fingerprint density at radius 3 is 2.37 bits per heavy atom. The summed E-state index contributed by atoms with van der Waals surface area (Å²) >= 11 is 5.96. The number of carbonyl (C=O) groups excluding carboxylic acids is 1. The van der Waals surface area contributed by atoms with Gasteiger partial charge >= 0.3 is 6.09 Å². The van der Waals surface area contributed by atoms with Crippen LogP contribution in [0.25, 0.3) is 0 Å². The number of sulfonamides is 1. The molecule has 196 valence electrons. The van der Waals surface area contributed by atoms with Crippen LogP contribution in [0.1, 0.15) is 59.3 Å². The summed E-state index contributed by atoms with van der Waals surface area (Å²) in [5, 5.41) is 0.495. The van der Waals surface area contributed by atoms with E-state index in [-0.39, 0.29) is 29.7 Å². The van der Waals surface area contributed by atoms with Gasteiger partial charge in [-0.05, 0) is 75.1 Å². The molecule has 0 aliphatic carbocycles. The molecule has 3 aliphatic heterocycles. The zero-order valence-corrected chi connectivity index (χ0v) is 22.8. The normalized spacial score (nSPS) is 31.3. The summed E-state index contributed by atoms with van der Waals surface area (Å²) in [4.78, 5) is 17.6. The molecule has 1 amide bonds. The molecular formula is C26H40ClN3O4S. The van der Waals surface area contributed by atoms with Gasteiger partial charge in [-0.15, -0.1) is 0 Å². The molecule has 3 fully saturated rings. The fourth-order valence-electron chi connectivity index (χ4n) is 6.27. The third kappa shape index (κ3) is 6.32. The lowest BCUT2D eigenvalue weighted by molar-refractivity contribution is 0.0284. The molecule has 4 rings (SSSR count). The first-order valence-corrected chi connectivity index (χ1v) is 14.9. The quantitative estimate of drug-likeness (QED) is 0.549. The first-order valence-electron chi connectivity index (χ1n) is 13.1. The average molecular weight is 526 g/mol. The molecule has 0 bridgehead atoms. The number of hydrogen-bond acceptors (Lipinski definition) is 5. The Morgan fingerprint density at radius 1 is 1.00 bits per heavy atom. The second-order valence-electron chi connectivity index (χ2n) is 10.9. The van der Waals surface area contributed by atoms with E-state index >= 15 is 0 Å². The summed E-state index contributed by atoms with van der Waals surface area (Å²) in [5.74, 6) is 1.37. The van der Waals surface area contributed by atoms with Crippen LogP contribution in [0.3, 0.4) is 0 Å². The number of rotatable bonds is 5. The van der Waals surface area contributed by atoms with Crippen LogP contribution in [0.15, 0.2) is 29.2 Å². The molecular weight excluding hydrogens is 486 g/mol. The van der Waals surface area contributed by atoms with Gasteiger partial charge in [-0.1, -0.05) is 31.9 Å². The van der Waals surface area contributed by atoms with Crippen molar-refractivity contribution in [3.05, 3.63) is 29.3 Å². The molecule has 3 aliphatic rings. The highest BCUT2D eigenvalue weighted by Crippen LogP contribution is 2.31. The Labute approximate surface area is 215 Å². The molecule has 3 unspecified atom stereocenters. The Balaban J connectivity index is 1.39. The molecule has 0 aromatic heterocycles. The lowest BCUT2D eigenvalue weighted by atomic mass is 9.89. The summed E-state index contributed by atoms with van der Waals surface area (Å²) in [6, 6.07) is 6.11. The van der Waals surface area contributed by atoms with Gasteiger partial charge in [0, 0.05) is 43.3 Å². The summed E-state index contributed by atoms with van der Waals surface area (Å²) in [6.07, 6.45) is 5.40. The van der Waals surface area contributed by atoms with E-state index in [0.29, 0.717) is 42.4 Å². The van der Waals surface area contributed by atoms with Crippen LogP contribution in [-0.2, 0) is 14.8 Å². The maximum Gasteiger partial charge on any atom is 0.409 e. The van der Waals surface area contributed by atoms with E-state index in [9.17, 15) is 13.2 Å². The number of amides is 1. The van der Waals surface area contributed by atoms with E-state index < -0.39 is 10.0 Å². The van der Waals surface area contributed by atoms with Gasteiger partial charge in [0.05, 0.1) is 10.9 Å². The van der Waals surface area contributed by atoms with Gasteiger partial charge in [-0.2, -0.15) is 4.31 Å². The van der Waals surface area contributed by atoms with Gasteiger partial charge in [0.2, 0.25) is 10.0 Å². The van der Waals surface area contributed by atoms with E-state index in [0.717, 1.165) is 38.8 Å². The molecule has 1 aromatic rings. The Bertz CT molecular complexity index is 963. The van der Waals surface area contributed by atoms with Crippen molar-refractivity contribution in [1.29, 1.82) is 0 Å². The van der Waals surface area contributed by atoms with Crippen LogP contribution < -0.4 is 0 Å². The molecule has 9 heteroatoms. The lowest BCUT2D eigenvalue weighted by Gasteiger charge is -2.44. The van der Waals surface area contributed by atoms with Crippen molar-refractivity contribution < 1.29 is 17.9 Å². The number of benzene rings is 1. The summed E-state index contributed by atoms with van der Waals surface area (Å²) < 4.78 is 34.2. The highest BCUT2D eigenvalue weighted by Gasteiger charge is 2.39. The van der Waals surface area contributed by atoms with Crippen molar-refractivity contribution in [2.24, 2.45) is 11.8 Å². The monoisotopic (exact) mass is 525 g/mol. The number of carbonyl (C=O) groups is 1. The fourth-order valence-corrected chi connectivity index (χ4v) is 8.26. The standard InChI is InChI=1S/C26H40ClN3O4S/c1-19-14-20(2)16-29(15-19)23-8-5-13-28(17-23)26(31)34-18-24-7-4-6-21(3)30(24)35(32,33)25-11-9-22(27)10-12-25/h9-12,19-21,23-24H,4-8,13-18H2,1-3H3/t19?,20?,21-,23?,24-/m1/s1. The van der Waals surface area contributed by atoms with Gasteiger partial charge in [-0.3, -0.25) is 4.90 Å². The average Bonchev–Trinajstić information content (AvgIpc) is 2.82. The minimum absolute atomic E-state index is 0.0783. The highest BCUT2D eigenvalue weighted by atomic mass is 35.5. The SMILES string of the molecule is CC1CC(C)CN(C2CCCN(C(=O)OC[C@H]3CCC[C@@H](C)N3S(=O)(=O)c3ccc(Cl)cc3)C2)C1.